The summed E-state index contributed by atoms with van der Waals surface area (Å²) in [6.45, 7) is 1.91. The Hall–Kier alpha value is -3.87. The Labute approximate surface area is 174 Å². The van der Waals surface area contributed by atoms with E-state index in [0.29, 0.717) is 23.0 Å². The van der Waals surface area contributed by atoms with Gasteiger partial charge in [-0.1, -0.05) is 18.2 Å². The Bertz CT molecular complexity index is 1130. The number of carbonyl (C=O) groups is 1. The zero-order chi connectivity index (χ0) is 21.1. The lowest BCUT2D eigenvalue weighted by atomic mass is 9.92. The molecule has 0 aliphatic carbocycles. The molecule has 1 aliphatic rings. The molecule has 4 rings (SSSR count). The van der Waals surface area contributed by atoms with Gasteiger partial charge in [-0.3, -0.25) is 9.79 Å². The molecule has 0 saturated heterocycles. The van der Waals surface area contributed by atoms with Crippen molar-refractivity contribution in [2.24, 2.45) is 9.98 Å². The first-order valence-electron chi connectivity index (χ1n) is 9.40. The average Bonchev–Trinajstić information content (AvgIpc) is 3.25. The minimum atomic E-state index is -0.392. The molecule has 30 heavy (non-hydrogen) atoms. The number of furan rings is 1. The molecular formula is C23H21N3O4. The van der Waals surface area contributed by atoms with E-state index in [4.69, 9.17) is 23.9 Å². The predicted octanol–water partition coefficient (Wildman–Crippen LogP) is 4.65. The van der Waals surface area contributed by atoms with Crippen LogP contribution in [0.2, 0.25) is 0 Å². The van der Waals surface area contributed by atoms with Crippen molar-refractivity contribution < 1.29 is 18.7 Å². The van der Waals surface area contributed by atoms with Crippen LogP contribution in [0.3, 0.4) is 0 Å². The number of methoxy groups -OCH3 is 2. The standard InChI is InChI=1S/C23H21N3O4/c1-14-21(15-10-11-18(28-2)20(13-15)29-3)22(26-23(27)19-9-6-12-30-19)25-17-8-5-4-7-16(17)24-14/h4-13,21H,1-3H3,(H,25,26,27). The van der Waals surface area contributed by atoms with Crippen LogP contribution in [0.5, 0.6) is 11.5 Å². The quantitative estimate of drug-likeness (QED) is 0.687. The molecule has 1 amide bonds. The van der Waals surface area contributed by atoms with Crippen LogP contribution >= 0.6 is 0 Å². The molecule has 0 radical (unpaired) electrons. The number of amidine groups is 1. The highest BCUT2D eigenvalue weighted by molar-refractivity contribution is 6.18. The van der Waals surface area contributed by atoms with Crippen LogP contribution in [-0.2, 0) is 0 Å². The Balaban J connectivity index is 1.82. The van der Waals surface area contributed by atoms with Gasteiger partial charge in [-0.25, -0.2) is 4.99 Å². The van der Waals surface area contributed by atoms with Crippen molar-refractivity contribution in [2.75, 3.05) is 14.2 Å². The summed E-state index contributed by atoms with van der Waals surface area (Å²) in [6.07, 6.45) is 1.46. The van der Waals surface area contributed by atoms with E-state index in [-0.39, 0.29) is 11.7 Å². The first-order valence-corrected chi connectivity index (χ1v) is 9.40. The van der Waals surface area contributed by atoms with Crippen molar-refractivity contribution in [2.45, 2.75) is 12.8 Å². The number of ether oxygens (including phenoxy) is 2. The van der Waals surface area contributed by atoms with Crippen molar-refractivity contribution in [1.82, 2.24) is 5.32 Å². The fraction of sp³-hybridized carbons (Fsp3) is 0.174. The summed E-state index contributed by atoms with van der Waals surface area (Å²) in [5.41, 5.74) is 3.06. The molecule has 1 N–H and O–H groups in total. The number of fused-ring (bicyclic) bond motifs is 1. The maximum atomic E-state index is 12.7. The van der Waals surface area contributed by atoms with Crippen LogP contribution in [0.1, 0.15) is 29.0 Å². The monoisotopic (exact) mass is 403 g/mol. The molecule has 2 aromatic carbocycles. The number of amides is 1. The van der Waals surface area contributed by atoms with E-state index in [1.165, 1.54) is 6.26 Å². The van der Waals surface area contributed by atoms with Crippen molar-refractivity contribution in [3.63, 3.8) is 0 Å². The SMILES string of the molecule is COc1ccc(C2C(C)=Nc3ccccc3N=C2NC(=O)c2ccco2)cc1OC. The highest BCUT2D eigenvalue weighted by Crippen LogP contribution is 2.36. The van der Waals surface area contributed by atoms with E-state index in [9.17, 15) is 4.79 Å². The number of carbonyl (C=O) groups excluding carboxylic acids is 1. The second-order valence-electron chi connectivity index (χ2n) is 6.72. The van der Waals surface area contributed by atoms with E-state index in [2.05, 4.69) is 5.32 Å². The second kappa shape index (κ2) is 8.24. The van der Waals surface area contributed by atoms with Gasteiger partial charge in [-0.2, -0.15) is 0 Å². The molecule has 1 atom stereocenters. The van der Waals surface area contributed by atoms with Gasteiger partial charge in [0.1, 0.15) is 5.84 Å². The first-order chi connectivity index (χ1) is 14.6. The zero-order valence-electron chi connectivity index (χ0n) is 16.9. The molecule has 1 aromatic heterocycles. The largest absolute Gasteiger partial charge is 0.493 e. The van der Waals surface area contributed by atoms with Gasteiger partial charge < -0.3 is 19.2 Å². The summed E-state index contributed by atoms with van der Waals surface area (Å²) in [4.78, 5) is 22.3. The maximum Gasteiger partial charge on any atom is 0.292 e. The molecule has 3 aromatic rings. The zero-order valence-corrected chi connectivity index (χ0v) is 16.9. The van der Waals surface area contributed by atoms with Crippen LogP contribution < -0.4 is 14.8 Å². The Morgan fingerprint density at radius 2 is 1.70 bits per heavy atom. The number of rotatable bonds is 4. The summed E-state index contributed by atoms with van der Waals surface area (Å²) in [7, 11) is 3.17. The summed E-state index contributed by atoms with van der Waals surface area (Å²) in [5, 5.41) is 2.91. The minimum absolute atomic E-state index is 0.205. The van der Waals surface area contributed by atoms with Gasteiger partial charge in [0, 0.05) is 5.71 Å². The lowest BCUT2D eigenvalue weighted by Crippen LogP contribution is -2.37. The molecule has 1 aliphatic heterocycles. The molecular weight excluding hydrogens is 382 g/mol. The van der Waals surface area contributed by atoms with E-state index in [1.54, 1.807) is 26.4 Å². The molecule has 0 fully saturated rings. The first kappa shape index (κ1) is 19.4. The average molecular weight is 403 g/mol. The van der Waals surface area contributed by atoms with Crippen LogP contribution in [0.4, 0.5) is 11.4 Å². The highest BCUT2D eigenvalue weighted by Gasteiger charge is 2.28. The number of aliphatic imine (C=N–C) groups is 2. The van der Waals surface area contributed by atoms with Gasteiger partial charge in [0.15, 0.2) is 17.3 Å². The summed E-state index contributed by atoms with van der Waals surface area (Å²) in [6, 6.07) is 16.4. The second-order valence-corrected chi connectivity index (χ2v) is 6.72. The Kier molecular flexibility index (Phi) is 5.34. The van der Waals surface area contributed by atoms with Crippen molar-refractivity contribution in [1.29, 1.82) is 0 Å². The van der Waals surface area contributed by atoms with Gasteiger partial charge in [-0.05, 0) is 48.9 Å². The molecule has 0 saturated carbocycles. The van der Waals surface area contributed by atoms with Crippen molar-refractivity contribution >= 4 is 28.8 Å². The van der Waals surface area contributed by atoms with E-state index in [0.717, 1.165) is 17.0 Å². The fourth-order valence-electron chi connectivity index (χ4n) is 3.42. The van der Waals surface area contributed by atoms with Gasteiger partial charge in [0.25, 0.3) is 5.91 Å². The van der Waals surface area contributed by atoms with Gasteiger partial charge >= 0.3 is 0 Å². The maximum absolute atomic E-state index is 12.7. The summed E-state index contributed by atoms with van der Waals surface area (Å²) in [5.74, 6) is 1.09. The van der Waals surface area contributed by atoms with E-state index in [1.807, 2.05) is 49.4 Å². The molecule has 7 heteroatoms. The van der Waals surface area contributed by atoms with Gasteiger partial charge in [-0.15, -0.1) is 0 Å². The molecule has 2 heterocycles. The van der Waals surface area contributed by atoms with Crippen molar-refractivity contribution in [3.8, 4) is 11.5 Å². The third kappa shape index (κ3) is 3.69. The highest BCUT2D eigenvalue weighted by atomic mass is 16.5. The van der Waals surface area contributed by atoms with E-state index < -0.39 is 5.92 Å². The Morgan fingerprint density at radius 1 is 0.967 bits per heavy atom. The number of nitrogens with zero attached hydrogens (tertiary/aromatic N) is 2. The molecule has 7 nitrogen and oxygen atoms in total. The number of nitrogens with one attached hydrogen (secondary N) is 1. The summed E-state index contributed by atoms with van der Waals surface area (Å²) >= 11 is 0. The fourth-order valence-corrected chi connectivity index (χ4v) is 3.42. The number of para-hydroxylation sites is 2. The molecule has 1 unspecified atom stereocenters. The number of benzene rings is 2. The topological polar surface area (TPSA) is 85.4 Å². The number of hydrogen-bond acceptors (Lipinski definition) is 6. The lowest BCUT2D eigenvalue weighted by Gasteiger charge is -2.20. The minimum Gasteiger partial charge on any atom is -0.493 e. The number of hydrogen-bond donors (Lipinski definition) is 1. The smallest absolute Gasteiger partial charge is 0.292 e. The van der Waals surface area contributed by atoms with Crippen LogP contribution in [-0.4, -0.2) is 31.7 Å². The van der Waals surface area contributed by atoms with Crippen LogP contribution in [0, 0.1) is 0 Å². The van der Waals surface area contributed by atoms with Gasteiger partial charge in [0.2, 0.25) is 0 Å². The van der Waals surface area contributed by atoms with Crippen LogP contribution in [0.15, 0.2) is 75.3 Å². The summed E-state index contributed by atoms with van der Waals surface area (Å²) < 4.78 is 16.1. The van der Waals surface area contributed by atoms with Crippen LogP contribution in [0.25, 0.3) is 0 Å². The van der Waals surface area contributed by atoms with Crippen molar-refractivity contribution in [3.05, 3.63) is 72.2 Å². The Morgan fingerprint density at radius 3 is 2.37 bits per heavy atom. The lowest BCUT2D eigenvalue weighted by molar-refractivity contribution is 0.0949. The predicted molar refractivity (Wildman–Crippen MR) is 115 cm³/mol. The normalized spacial score (nSPS) is 15.4. The molecule has 0 bridgehead atoms. The third-order valence-corrected chi connectivity index (χ3v) is 4.84. The van der Waals surface area contributed by atoms with Gasteiger partial charge in [0.05, 0.1) is 37.8 Å². The van der Waals surface area contributed by atoms with E-state index >= 15 is 0 Å². The molecule has 0 spiro atoms. The third-order valence-electron chi connectivity index (χ3n) is 4.84. The molecule has 152 valence electrons.